The molecule has 340 valence electrons. The number of carbonyl (C=O) groups excluding carboxylic acids is 1. The third-order valence-electron chi connectivity index (χ3n) is 11.0. The van der Waals surface area contributed by atoms with Crippen molar-refractivity contribution in [3.63, 3.8) is 0 Å². The molecule has 9 heteroatoms. The minimum atomic E-state index is -1.54. The Morgan fingerprint density at radius 1 is 0.552 bits per heavy atom. The van der Waals surface area contributed by atoms with Crippen LogP contribution in [-0.2, 0) is 23.7 Å². The maximum atomic E-state index is 12.8. The molecule has 6 atom stereocenters. The van der Waals surface area contributed by atoms with E-state index in [1.165, 1.54) is 128 Å². The van der Waals surface area contributed by atoms with Crippen LogP contribution >= 0.6 is 0 Å². The molecule has 9 nitrogen and oxygen atoms in total. The Morgan fingerprint density at radius 3 is 1.52 bits per heavy atom. The summed E-state index contributed by atoms with van der Waals surface area (Å²) in [5.41, 5.74) is 0. The minimum absolute atomic E-state index is 0.119. The van der Waals surface area contributed by atoms with E-state index in [4.69, 9.17) is 18.9 Å². The van der Waals surface area contributed by atoms with E-state index in [2.05, 4.69) is 50.3 Å². The summed E-state index contributed by atoms with van der Waals surface area (Å²) in [7, 11) is 0. The molecule has 0 bridgehead atoms. The van der Waals surface area contributed by atoms with Gasteiger partial charge in [0.05, 0.1) is 19.8 Å². The number of aliphatic hydroxyl groups excluding tert-OH is 4. The van der Waals surface area contributed by atoms with Gasteiger partial charge in [0, 0.05) is 13.0 Å². The van der Waals surface area contributed by atoms with E-state index in [-0.39, 0.29) is 19.2 Å². The van der Waals surface area contributed by atoms with Crippen LogP contribution in [0.15, 0.2) is 36.5 Å². The fourth-order valence-corrected chi connectivity index (χ4v) is 7.22. The zero-order valence-electron chi connectivity index (χ0n) is 37.3. The monoisotopic (exact) mass is 823 g/mol. The van der Waals surface area contributed by atoms with E-state index < -0.39 is 43.4 Å². The maximum absolute atomic E-state index is 12.8. The Hall–Kier alpha value is -1.59. The first-order valence-corrected chi connectivity index (χ1v) is 24.1. The molecule has 0 radical (unpaired) electrons. The van der Waals surface area contributed by atoms with E-state index in [1.54, 1.807) is 0 Å². The Labute approximate surface area is 355 Å². The number of aliphatic hydroxyl groups is 4. The number of unbranched alkanes of at least 4 members (excludes halogenated alkanes) is 24. The summed E-state index contributed by atoms with van der Waals surface area (Å²) < 4.78 is 22.8. The number of hydrogen-bond donors (Lipinski definition) is 4. The molecule has 0 amide bonds. The van der Waals surface area contributed by atoms with Gasteiger partial charge in [0.2, 0.25) is 0 Å². The largest absolute Gasteiger partial charge is 0.457 e. The minimum Gasteiger partial charge on any atom is -0.457 e. The van der Waals surface area contributed by atoms with Gasteiger partial charge < -0.3 is 39.4 Å². The van der Waals surface area contributed by atoms with Crippen LogP contribution in [0.1, 0.15) is 206 Å². The zero-order chi connectivity index (χ0) is 42.2. The van der Waals surface area contributed by atoms with E-state index in [0.717, 1.165) is 57.8 Å². The summed E-state index contributed by atoms with van der Waals surface area (Å²) in [6.45, 7) is 4.53. The van der Waals surface area contributed by atoms with Crippen molar-refractivity contribution in [1.29, 1.82) is 0 Å². The van der Waals surface area contributed by atoms with E-state index >= 15 is 0 Å². The summed E-state index contributed by atoms with van der Waals surface area (Å²) in [6, 6.07) is 0. The highest BCUT2D eigenvalue weighted by atomic mass is 16.7. The second-order valence-corrected chi connectivity index (χ2v) is 16.6. The summed E-state index contributed by atoms with van der Waals surface area (Å²) >= 11 is 0. The molecule has 0 aromatic carbocycles. The molecule has 0 spiro atoms. The fourth-order valence-electron chi connectivity index (χ4n) is 7.22. The van der Waals surface area contributed by atoms with Gasteiger partial charge in [0.1, 0.15) is 30.5 Å². The number of rotatable bonds is 41. The average Bonchev–Trinajstić information content (AvgIpc) is 3.22. The predicted molar refractivity (Wildman–Crippen MR) is 238 cm³/mol. The molecule has 4 N–H and O–H groups in total. The fraction of sp³-hybridized carbons (Fsp3) is 0.857. The first kappa shape index (κ1) is 54.4. The summed E-state index contributed by atoms with van der Waals surface area (Å²) in [4.78, 5) is 12.8. The molecule has 1 aliphatic rings. The van der Waals surface area contributed by atoms with Crippen LogP contribution in [0.2, 0.25) is 0 Å². The van der Waals surface area contributed by atoms with Crippen LogP contribution in [-0.4, -0.2) is 89.6 Å². The van der Waals surface area contributed by atoms with Crippen molar-refractivity contribution in [2.24, 2.45) is 0 Å². The predicted octanol–water partition coefficient (Wildman–Crippen LogP) is 11.1. The van der Waals surface area contributed by atoms with E-state index in [9.17, 15) is 25.2 Å². The quantitative estimate of drug-likeness (QED) is 0.0270. The van der Waals surface area contributed by atoms with Gasteiger partial charge in [0.25, 0.3) is 0 Å². The topological polar surface area (TPSA) is 135 Å². The lowest BCUT2D eigenvalue weighted by Crippen LogP contribution is -2.59. The number of ether oxygens (including phenoxy) is 4. The molecule has 6 unspecified atom stereocenters. The molecule has 1 fully saturated rings. The van der Waals surface area contributed by atoms with Crippen LogP contribution < -0.4 is 0 Å². The molecule has 0 aromatic heterocycles. The zero-order valence-corrected chi connectivity index (χ0v) is 37.3. The molecule has 1 aliphatic heterocycles. The smallest absolute Gasteiger partial charge is 0.306 e. The normalized spacial score (nSPS) is 20.6. The standard InChI is InChI=1S/C49H90O9/c1-3-5-7-9-11-13-15-17-19-21-22-23-25-27-29-31-33-35-37-39-55-41-43(42-56-49-48(54)47(53)46(52)44(40-50)58-49)57-45(51)38-36-34-32-30-28-26-24-20-18-16-14-12-10-8-6-4-2/h14,16,19-21,24,43-44,46-50,52-54H,3-13,15,17-18,22-23,25-42H2,1-2H3/b16-14-,21-19-,24-20-. The number of carbonyl (C=O) groups is 1. The Balaban J connectivity index is 2.25. The van der Waals surface area contributed by atoms with Gasteiger partial charge in [-0.15, -0.1) is 0 Å². The van der Waals surface area contributed by atoms with Crippen LogP contribution in [0, 0.1) is 0 Å². The van der Waals surface area contributed by atoms with Gasteiger partial charge in [-0.1, -0.05) is 166 Å². The second kappa shape index (κ2) is 40.8. The van der Waals surface area contributed by atoms with Crippen LogP contribution in [0.25, 0.3) is 0 Å². The van der Waals surface area contributed by atoms with E-state index in [0.29, 0.717) is 13.0 Å². The molecule has 1 rings (SSSR count). The van der Waals surface area contributed by atoms with Crippen LogP contribution in [0.3, 0.4) is 0 Å². The molecule has 0 aromatic rings. The third kappa shape index (κ3) is 31.3. The lowest BCUT2D eigenvalue weighted by molar-refractivity contribution is -0.305. The van der Waals surface area contributed by atoms with Crippen molar-refractivity contribution in [3.8, 4) is 0 Å². The van der Waals surface area contributed by atoms with Crippen molar-refractivity contribution < 1.29 is 44.2 Å². The van der Waals surface area contributed by atoms with Crippen molar-refractivity contribution in [1.82, 2.24) is 0 Å². The number of esters is 1. The second-order valence-electron chi connectivity index (χ2n) is 16.6. The molecule has 58 heavy (non-hydrogen) atoms. The maximum Gasteiger partial charge on any atom is 0.306 e. The Kier molecular flexibility index (Phi) is 38.3. The third-order valence-corrected chi connectivity index (χ3v) is 11.0. The summed E-state index contributed by atoms with van der Waals surface area (Å²) in [6.07, 6.45) is 41.7. The highest BCUT2D eigenvalue weighted by Crippen LogP contribution is 2.22. The summed E-state index contributed by atoms with van der Waals surface area (Å²) in [5.74, 6) is -0.327. The Morgan fingerprint density at radius 2 is 1.00 bits per heavy atom. The first-order chi connectivity index (χ1) is 28.4. The van der Waals surface area contributed by atoms with Crippen molar-refractivity contribution in [3.05, 3.63) is 36.5 Å². The van der Waals surface area contributed by atoms with Crippen LogP contribution in [0.4, 0.5) is 0 Å². The number of hydrogen-bond acceptors (Lipinski definition) is 9. The highest BCUT2D eigenvalue weighted by molar-refractivity contribution is 5.69. The molecule has 1 heterocycles. The summed E-state index contributed by atoms with van der Waals surface area (Å²) in [5, 5.41) is 40.2. The molecule has 0 saturated carbocycles. The van der Waals surface area contributed by atoms with Crippen molar-refractivity contribution in [2.75, 3.05) is 26.4 Å². The van der Waals surface area contributed by atoms with Gasteiger partial charge in [-0.05, 0) is 70.6 Å². The van der Waals surface area contributed by atoms with Crippen LogP contribution in [0.5, 0.6) is 0 Å². The van der Waals surface area contributed by atoms with Gasteiger partial charge in [-0.25, -0.2) is 0 Å². The molecule has 0 aliphatic carbocycles. The van der Waals surface area contributed by atoms with Crippen molar-refractivity contribution in [2.45, 2.75) is 243 Å². The number of allylic oxidation sites excluding steroid dienone is 6. The lowest BCUT2D eigenvalue weighted by atomic mass is 9.99. The molecular formula is C49H90O9. The SMILES string of the molecule is CCCCCC/C=C\C/C=C\CCCCCCCC(=O)OC(COCCCCCCCCCC/C=C\CCCCCCCCC)COC1OC(CO)C(O)C(O)C1O. The first-order valence-electron chi connectivity index (χ1n) is 24.1. The molecular weight excluding hydrogens is 733 g/mol. The van der Waals surface area contributed by atoms with E-state index in [1.807, 2.05) is 0 Å². The Bertz CT molecular complexity index is 983. The van der Waals surface area contributed by atoms with Crippen molar-refractivity contribution >= 4 is 5.97 Å². The van der Waals surface area contributed by atoms with Gasteiger partial charge in [-0.3, -0.25) is 4.79 Å². The average molecular weight is 823 g/mol. The van der Waals surface area contributed by atoms with Gasteiger partial charge in [0.15, 0.2) is 6.29 Å². The van der Waals surface area contributed by atoms with Gasteiger partial charge in [-0.2, -0.15) is 0 Å². The lowest BCUT2D eigenvalue weighted by Gasteiger charge is -2.39. The van der Waals surface area contributed by atoms with Gasteiger partial charge >= 0.3 is 5.97 Å². The highest BCUT2D eigenvalue weighted by Gasteiger charge is 2.44. The molecule has 1 saturated heterocycles.